The third kappa shape index (κ3) is 35.4. The van der Waals surface area contributed by atoms with Crippen LogP contribution in [0.3, 0.4) is 0 Å². The maximum absolute atomic E-state index is 12.3. The molecule has 6 nitrogen and oxygen atoms in total. The quantitative estimate of drug-likeness (QED) is 0.0382. The van der Waals surface area contributed by atoms with Gasteiger partial charge in [-0.15, -0.1) is 0 Å². The van der Waals surface area contributed by atoms with Gasteiger partial charge >= 0.3 is 0 Å². The lowest BCUT2D eigenvalue weighted by atomic mass is 10.1. The van der Waals surface area contributed by atoms with Crippen LogP contribution in [0.5, 0.6) is 0 Å². The first-order valence-corrected chi connectivity index (χ1v) is 23.0. The van der Waals surface area contributed by atoms with Gasteiger partial charge in [0.25, 0.3) is 0 Å². The van der Waals surface area contributed by atoms with E-state index in [4.69, 9.17) is 0 Å². The van der Waals surface area contributed by atoms with Crippen LogP contribution in [0.15, 0.2) is 0 Å². The third-order valence-corrected chi connectivity index (χ3v) is 12.1. The predicted molar refractivity (Wildman–Crippen MR) is 217 cm³/mol. The van der Waals surface area contributed by atoms with Gasteiger partial charge < -0.3 is 19.6 Å². The highest BCUT2D eigenvalue weighted by molar-refractivity contribution is 8.76. The predicted octanol–water partition coefficient (Wildman–Crippen LogP) is 10.2. The molecular weight excluding hydrogens is 633 g/mol. The Balaban J connectivity index is 3.59. The number of carbonyl (C=O) groups excluding carboxylic acids is 2. The highest BCUT2D eigenvalue weighted by atomic mass is 33.1. The molecule has 0 aliphatic rings. The lowest BCUT2D eigenvalue weighted by Crippen LogP contribution is -2.41. The van der Waals surface area contributed by atoms with Gasteiger partial charge in [0, 0.05) is 50.3 Å². The fourth-order valence-electron chi connectivity index (χ4n) is 6.37. The molecule has 0 unspecified atom stereocenters. The van der Waals surface area contributed by atoms with Gasteiger partial charge in [0.15, 0.2) is 0 Å². The standard InChI is InChI=1S/C40H82N4O2S2/c1-7-9-11-13-15-17-19-21-23-25-33-43(3,4)35-27-29-39(45)41-31-37-47-48-38-32-42-40(46)30-28-36-44(5,6)34-26-24-22-20-18-16-14-12-10-8-2/h7-38H2,1-6H3/p+2. The van der Waals surface area contributed by atoms with Crippen LogP contribution in [-0.4, -0.2) is 99.7 Å². The van der Waals surface area contributed by atoms with Crippen molar-refractivity contribution in [1.82, 2.24) is 10.6 Å². The Kier molecular flexibility index (Phi) is 33.4. The number of amides is 2. The van der Waals surface area contributed by atoms with Crippen LogP contribution in [0, 0.1) is 0 Å². The van der Waals surface area contributed by atoms with Gasteiger partial charge in [-0.3, -0.25) is 9.59 Å². The van der Waals surface area contributed by atoms with Crippen LogP contribution in [0.2, 0.25) is 0 Å². The smallest absolute Gasteiger partial charge is 0.220 e. The molecule has 0 bridgehead atoms. The molecule has 0 heterocycles. The summed E-state index contributed by atoms with van der Waals surface area (Å²) in [4.78, 5) is 24.6. The second-order valence-corrected chi connectivity index (χ2v) is 18.4. The molecule has 0 spiro atoms. The van der Waals surface area contributed by atoms with Crippen LogP contribution in [-0.2, 0) is 9.59 Å². The van der Waals surface area contributed by atoms with E-state index in [9.17, 15) is 9.59 Å². The Labute approximate surface area is 308 Å². The van der Waals surface area contributed by atoms with Crippen molar-refractivity contribution in [3.63, 3.8) is 0 Å². The second-order valence-electron chi connectivity index (χ2n) is 15.7. The van der Waals surface area contributed by atoms with E-state index in [1.165, 1.54) is 142 Å². The summed E-state index contributed by atoms with van der Waals surface area (Å²) < 4.78 is 2.04. The number of unbranched alkanes of at least 4 members (excludes halogenated alkanes) is 18. The zero-order valence-electron chi connectivity index (χ0n) is 33.2. The molecule has 0 saturated heterocycles. The molecule has 0 aromatic heterocycles. The number of nitrogens with one attached hydrogen (secondary N) is 2. The van der Waals surface area contributed by atoms with Gasteiger partial charge in [0.2, 0.25) is 11.8 Å². The van der Waals surface area contributed by atoms with Gasteiger partial charge in [0.1, 0.15) is 0 Å². The van der Waals surface area contributed by atoms with E-state index in [0.29, 0.717) is 25.9 Å². The lowest BCUT2D eigenvalue weighted by Gasteiger charge is -2.29. The van der Waals surface area contributed by atoms with E-state index >= 15 is 0 Å². The molecule has 2 amide bonds. The summed E-state index contributed by atoms with van der Waals surface area (Å²) in [6, 6.07) is 0. The minimum Gasteiger partial charge on any atom is -0.355 e. The second kappa shape index (κ2) is 33.7. The van der Waals surface area contributed by atoms with Crippen molar-refractivity contribution in [2.24, 2.45) is 0 Å². The molecule has 0 radical (unpaired) electrons. The van der Waals surface area contributed by atoms with E-state index in [-0.39, 0.29) is 11.8 Å². The zero-order valence-corrected chi connectivity index (χ0v) is 34.8. The minimum absolute atomic E-state index is 0.178. The van der Waals surface area contributed by atoms with Crippen molar-refractivity contribution in [2.45, 2.75) is 168 Å². The summed E-state index contributed by atoms with van der Waals surface area (Å²) >= 11 is 0. The summed E-state index contributed by atoms with van der Waals surface area (Å²) in [5, 5.41) is 6.16. The van der Waals surface area contributed by atoms with Gasteiger partial charge in [-0.05, 0) is 25.7 Å². The first-order valence-electron chi connectivity index (χ1n) is 20.5. The Bertz CT molecular complexity index is 676. The zero-order chi connectivity index (χ0) is 35.6. The molecule has 48 heavy (non-hydrogen) atoms. The third-order valence-electron chi connectivity index (χ3n) is 9.67. The number of rotatable bonds is 37. The van der Waals surface area contributed by atoms with E-state index < -0.39 is 0 Å². The van der Waals surface area contributed by atoms with Crippen molar-refractivity contribution in [2.75, 3.05) is 79.0 Å². The minimum atomic E-state index is 0.178. The molecule has 0 fully saturated rings. The van der Waals surface area contributed by atoms with E-state index in [0.717, 1.165) is 46.4 Å². The van der Waals surface area contributed by atoms with Gasteiger partial charge in [-0.1, -0.05) is 138 Å². The molecule has 0 atom stereocenters. The maximum Gasteiger partial charge on any atom is 0.220 e. The molecular formula is C40H84N4O2S2+2. The van der Waals surface area contributed by atoms with Crippen molar-refractivity contribution >= 4 is 33.4 Å². The summed E-state index contributed by atoms with van der Waals surface area (Å²) in [6.45, 7) is 10.5. The number of hydrogen-bond donors (Lipinski definition) is 2. The highest BCUT2D eigenvalue weighted by Crippen LogP contribution is 2.19. The highest BCUT2D eigenvalue weighted by Gasteiger charge is 2.16. The largest absolute Gasteiger partial charge is 0.355 e. The lowest BCUT2D eigenvalue weighted by molar-refractivity contribution is -0.890. The summed E-state index contributed by atoms with van der Waals surface area (Å²) in [7, 11) is 12.8. The Hall–Kier alpha value is -0.440. The first kappa shape index (κ1) is 47.6. The fourth-order valence-corrected chi connectivity index (χ4v) is 8.19. The monoisotopic (exact) mass is 717 g/mol. The van der Waals surface area contributed by atoms with Crippen LogP contribution < -0.4 is 10.6 Å². The van der Waals surface area contributed by atoms with Gasteiger partial charge in [-0.2, -0.15) is 0 Å². The van der Waals surface area contributed by atoms with E-state index in [2.05, 4.69) is 52.7 Å². The molecule has 0 rings (SSSR count). The molecule has 0 aliphatic heterocycles. The van der Waals surface area contributed by atoms with E-state index in [1.807, 2.05) is 0 Å². The van der Waals surface area contributed by atoms with Gasteiger partial charge in [-0.25, -0.2) is 0 Å². The number of carbonyl (C=O) groups is 2. The molecule has 0 aromatic rings. The molecule has 8 heteroatoms. The average molecular weight is 717 g/mol. The Morgan fingerprint density at radius 2 is 0.688 bits per heavy atom. The van der Waals surface area contributed by atoms with Crippen molar-refractivity contribution in [3.05, 3.63) is 0 Å². The molecule has 286 valence electrons. The van der Waals surface area contributed by atoms with Crippen LogP contribution in [0.4, 0.5) is 0 Å². The maximum atomic E-state index is 12.3. The van der Waals surface area contributed by atoms with Gasteiger partial charge in [0.05, 0.1) is 54.4 Å². The summed E-state index contributed by atoms with van der Waals surface area (Å²) in [6.07, 6.45) is 30.7. The summed E-state index contributed by atoms with van der Waals surface area (Å²) in [5.74, 6) is 2.15. The van der Waals surface area contributed by atoms with Crippen molar-refractivity contribution in [3.8, 4) is 0 Å². The molecule has 0 aromatic carbocycles. The van der Waals surface area contributed by atoms with Crippen molar-refractivity contribution < 1.29 is 18.6 Å². The number of nitrogens with zero attached hydrogens (tertiary/aromatic N) is 2. The topological polar surface area (TPSA) is 58.2 Å². The van der Waals surface area contributed by atoms with Crippen LogP contribution in [0.25, 0.3) is 0 Å². The number of quaternary nitrogens is 2. The van der Waals surface area contributed by atoms with Crippen molar-refractivity contribution in [1.29, 1.82) is 0 Å². The van der Waals surface area contributed by atoms with E-state index in [1.54, 1.807) is 21.6 Å². The molecule has 0 saturated carbocycles. The summed E-state index contributed by atoms with van der Waals surface area (Å²) in [5.41, 5.74) is 0. The molecule has 2 N–H and O–H groups in total. The average Bonchev–Trinajstić information content (AvgIpc) is 3.03. The number of hydrogen-bond acceptors (Lipinski definition) is 4. The Morgan fingerprint density at radius 3 is 1.00 bits per heavy atom. The fraction of sp³-hybridized carbons (Fsp3) is 0.950. The van der Waals surface area contributed by atoms with Crippen LogP contribution in [0.1, 0.15) is 168 Å². The normalized spacial score (nSPS) is 12.0. The SMILES string of the molecule is CCCCCCCCCCCC[N+](C)(C)CCCC(=O)NCCSSCCNC(=O)CCC[N+](C)(C)CCCCCCCCCCCC. The first-order chi connectivity index (χ1) is 23.1. The van der Waals surface area contributed by atoms with Crippen LogP contribution >= 0.6 is 21.6 Å². The Morgan fingerprint density at radius 1 is 0.417 bits per heavy atom. The molecule has 0 aliphatic carbocycles.